The number of quaternary nitrogens is 1. The summed E-state index contributed by atoms with van der Waals surface area (Å²) in [7, 11) is 2.91. The number of rotatable bonds is 3. The lowest BCUT2D eigenvalue weighted by atomic mass is 10.1. The second kappa shape index (κ2) is 6.38. The van der Waals surface area contributed by atoms with Gasteiger partial charge >= 0.3 is 5.97 Å². The van der Waals surface area contributed by atoms with Crippen LogP contribution in [0.2, 0.25) is 0 Å². The van der Waals surface area contributed by atoms with E-state index < -0.39 is 6.04 Å². The van der Waals surface area contributed by atoms with Crippen LogP contribution in [-0.4, -0.2) is 56.7 Å². The van der Waals surface area contributed by atoms with Gasteiger partial charge in [-0.25, -0.2) is 4.79 Å². The van der Waals surface area contributed by atoms with Crippen molar-refractivity contribution in [1.29, 1.82) is 0 Å². The maximum Gasteiger partial charge on any atom is 0.334 e. The molecule has 0 bridgehead atoms. The molecule has 108 valence electrons. The van der Waals surface area contributed by atoms with Crippen molar-refractivity contribution in [1.82, 2.24) is 4.90 Å². The predicted molar refractivity (Wildman–Crippen MR) is 71.5 cm³/mol. The molecule has 1 amide bonds. The molecule has 1 aliphatic heterocycles. The van der Waals surface area contributed by atoms with Gasteiger partial charge in [0.2, 0.25) is 0 Å². The highest BCUT2D eigenvalue weighted by molar-refractivity contribution is 5.97. The Morgan fingerprint density at radius 2 is 1.95 bits per heavy atom. The van der Waals surface area contributed by atoms with Crippen LogP contribution >= 0.6 is 0 Å². The topological polar surface area (TPSA) is 72.5 Å². The molecule has 0 spiro atoms. The lowest BCUT2D eigenvalue weighted by Gasteiger charge is -2.32. The van der Waals surface area contributed by atoms with Gasteiger partial charge in [0.15, 0.2) is 6.04 Å². The monoisotopic (exact) mass is 279 g/mol. The number of esters is 1. The number of carbonyl (C=O) groups excluding carboxylic acids is 2. The predicted octanol–water partition coefficient (Wildman–Crippen LogP) is -0.744. The third-order valence-corrected chi connectivity index (χ3v) is 3.41. The highest BCUT2D eigenvalue weighted by atomic mass is 16.5. The molecule has 1 fully saturated rings. The van der Waals surface area contributed by atoms with Crippen LogP contribution in [0.25, 0.3) is 0 Å². The van der Waals surface area contributed by atoms with Crippen LogP contribution in [0.1, 0.15) is 10.4 Å². The number of benzene rings is 1. The van der Waals surface area contributed by atoms with E-state index >= 15 is 0 Å². The second-order valence-corrected chi connectivity index (χ2v) is 4.58. The average molecular weight is 279 g/mol. The van der Waals surface area contributed by atoms with Crippen molar-refractivity contribution < 1.29 is 24.4 Å². The summed E-state index contributed by atoms with van der Waals surface area (Å²) in [6.07, 6.45) is 0. The summed E-state index contributed by atoms with van der Waals surface area (Å²) in [6, 6.07) is 6.34. The van der Waals surface area contributed by atoms with Crippen LogP contribution in [0.4, 0.5) is 0 Å². The van der Waals surface area contributed by atoms with E-state index in [1.807, 2.05) is 5.32 Å². The lowest BCUT2D eigenvalue weighted by molar-refractivity contribution is -0.665. The second-order valence-electron chi connectivity index (χ2n) is 4.58. The molecule has 1 heterocycles. The van der Waals surface area contributed by atoms with Crippen LogP contribution in [0.5, 0.6) is 5.75 Å². The minimum absolute atomic E-state index is 0.156. The fourth-order valence-corrected chi connectivity index (χ4v) is 2.29. The zero-order chi connectivity index (χ0) is 14.5. The number of piperazine rings is 1. The van der Waals surface area contributed by atoms with Gasteiger partial charge in [-0.15, -0.1) is 0 Å². The highest BCUT2D eigenvalue weighted by Gasteiger charge is 2.35. The number of hydrogen-bond donors (Lipinski definition) is 1. The van der Waals surface area contributed by atoms with Gasteiger partial charge in [0.25, 0.3) is 5.91 Å². The quantitative estimate of drug-likeness (QED) is 0.739. The number of carbonyl (C=O) groups is 2. The standard InChI is InChI=1S/C14H18N2O4/c1-19-11-5-3-10(4-6-11)13(17)16-8-7-15-9-12(16)14(18)20-2/h3-6,12,15H,7-9H2,1-2H3/p+1/t12-/m0/s1. The van der Waals surface area contributed by atoms with Crippen molar-refractivity contribution >= 4 is 11.9 Å². The van der Waals surface area contributed by atoms with Crippen LogP contribution in [0.15, 0.2) is 24.3 Å². The van der Waals surface area contributed by atoms with E-state index in [0.717, 1.165) is 6.54 Å². The Morgan fingerprint density at radius 3 is 2.55 bits per heavy atom. The fourth-order valence-electron chi connectivity index (χ4n) is 2.29. The molecule has 0 aromatic heterocycles. The molecule has 0 unspecified atom stereocenters. The first-order chi connectivity index (χ1) is 9.67. The number of ether oxygens (including phenoxy) is 2. The average Bonchev–Trinajstić information content (AvgIpc) is 2.53. The van der Waals surface area contributed by atoms with Crippen molar-refractivity contribution in [3.05, 3.63) is 29.8 Å². The zero-order valence-electron chi connectivity index (χ0n) is 11.7. The molecule has 0 radical (unpaired) electrons. The molecule has 1 saturated heterocycles. The van der Waals surface area contributed by atoms with Gasteiger partial charge in [0, 0.05) is 5.56 Å². The largest absolute Gasteiger partial charge is 0.497 e. The molecule has 0 saturated carbocycles. The van der Waals surface area contributed by atoms with Crippen LogP contribution < -0.4 is 10.1 Å². The lowest BCUT2D eigenvalue weighted by Crippen LogP contribution is -2.92. The van der Waals surface area contributed by atoms with Crippen molar-refractivity contribution in [3.63, 3.8) is 0 Å². The smallest absolute Gasteiger partial charge is 0.334 e. The van der Waals surface area contributed by atoms with Gasteiger partial charge in [0.05, 0.1) is 27.3 Å². The van der Waals surface area contributed by atoms with E-state index in [-0.39, 0.29) is 11.9 Å². The normalized spacial score (nSPS) is 18.5. The SMILES string of the molecule is COC(=O)[C@@H]1C[NH2+]CCN1C(=O)c1ccc(OC)cc1. The number of nitrogens with two attached hydrogens (primary N) is 1. The molecule has 1 atom stereocenters. The maximum absolute atomic E-state index is 12.5. The van der Waals surface area contributed by atoms with Gasteiger partial charge in [-0.1, -0.05) is 0 Å². The molecular formula is C14H19N2O4+. The molecule has 6 heteroatoms. The summed E-state index contributed by atoms with van der Waals surface area (Å²) in [5.41, 5.74) is 0.543. The Hall–Kier alpha value is -2.08. The van der Waals surface area contributed by atoms with E-state index in [4.69, 9.17) is 9.47 Å². The van der Waals surface area contributed by atoms with E-state index in [1.165, 1.54) is 7.11 Å². The van der Waals surface area contributed by atoms with Gasteiger partial charge < -0.3 is 19.7 Å². The molecule has 1 aromatic rings. The number of amides is 1. The van der Waals surface area contributed by atoms with Crippen LogP contribution in [0.3, 0.4) is 0 Å². The summed E-state index contributed by atoms with van der Waals surface area (Å²) in [4.78, 5) is 25.8. The van der Waals surface area contributed by atoms with Gasteiger partial charge in [-0.05, 0) is 24.3 Å². The number of nitrogens with zero attached hydrogens (tertiary/aromatic N) is 1. The molecule has 1 aliphatic rings. The number of methoxy groups -OCH3 is 2. The Balaban J connectivity index is 2.18. The third kappa shape index (κ3) is 2.91. The molecule has 2 N–H and O–H groups in total. The van der Waals surface area contributed by atoms with Gasteiger partial charge in [-0.2, -0.15) is 0 Å². The van der Waals surface area contributed by atoms with Gasteiger partial charge in [0.1, 0.15) is 12.3 Å². The van der Waals surface area contributed by atoms with Crippen molar-refractivity contribution in [2.75, 3.05) is 33.9 Å². The fraction of sp³-hybridized carbons (Fsp3) is 0.429. The Bertz CT molecular complexity index is 486. The Kier molecular flexibility index (Phi) is 4.57. The van der Waals surface area contributed by atoms with Crippen molar-refractivity contribution in [2.45, 2.75) is 6.04 Å². The Labute approximate surface area is 117 Å². The Morgan fingerprint density at radius 1 is 1.25 bits per heavy atom. The molecule has 6 nitrogen and oxygen atoms in total. The van der Waals surface area contributed by atoms with E-state index in [2.05, 4.69) is 0 Å². The molecule has 20 heavy (non-hydrogen) atoms. The van der Waals surface area contributed by atoms with Crippen molar-refractivity contribution in [2.24, 2.45) is 0 Å². The molecule has 0 aliphatic carbocycles. The van der Waals surface area contributed by atoms with Gasteiger partial charge in [-0.3, -0.25) is 4.79 Å². The summed E-state index contributed by atoms with van der Waals surface area (Å²) >= 11 is 0. The minimum Gasteiger partial charge on any atom is -0.497 e. The summed E-state index contributed by atoms with van der Waals surface area (Å²) < 4.78 is 9.84. The summed E-state index contributed by atoms with van der Waals surface area (Å²) in [5.74, 6) is 0.164. The van der Waals surface area contributed by atoms with Crippen molar-refractivity contribution in [3.8, 4) is 5.75 Å². The minimum atomic E-state index is -0.525. The maximum atomic E-state index is 12.5. The van der Waals surface area contributed by atoms with E-state index in [0.29, 0.717) is 24.4 Å². The first kappa shape index (κ1) is 14.3. The first-order valence-electron chi connectivity index (χ1n) is 6.52. The first-order valence-corrected chi connectivity index (χ1v) is 6.52. The van der Waals surface area contributed by atoms with E-state index in [1.54, 1.807) is 36.3 Å². The van der Waals surface area contributed by atoms with E-state index in [9.17, 15) is 9.59 Å². The molecular weight excluding hydrogens is 260 g/mol. The molecule has 2 rings (SSSR count). The molecule has 1 aromatic carbocycles. The summed E-state index contributed by atoms with van der Waals surface area (Å²) in [6.45, 7) is 1.86. The highest BCUT2D eigenvalue weighted by Crippen LogP contribution is 2.15. The number of hydrogen-bond acceptors (Lipinski definition) is 4. The zero-order valence-corrected chi connectivity index (χ0v) is 11.7. The summed E-state index contributed by atoms with van der Waals surface area (Å²) in [5, 5.41) is 2.01. The van der Waals surface area contributed by atoms with Crippen LogP contribution in [-0.2, 0) is 9.53 Å². The third-order valence-electron chi connectivity index (χ3n) is 3.41. The van der Waals surface area contributed by atoms with Crippen LogP contribution in [0, 0.1) is 0 Å².